The zero-order valence-electron chi connectivity index (χ0n) is 10.9. The highest BCUT2D eigenvalue weighted by Gasteiger charge is 2.21. The molecule has 0 aromatic heterocycles. The van der Waals surface area contributed by atoms with Gasteiger partial charge in [-0.2, -0.15) is 0 Å². The second-order valence-corrected chi connectivity index (χ2v) is 4.22. The number of carbonyl (C=O) groups is 3. The van der Waals surface area contributed by atoms with Gasteiger partial charge in [-0.25, -0.2) is 4.79 Å². The molecule has 0 unspecified atom stereocenters. The second-order valence-electron chi connectivity index (χ2n) is 4.22. The largest absolute Gasteiger partial charge is 0.481 e. The smallest absolute Gasteiger partial charge is 0.326 e. The highest BCUT2D eigenvalue weighted by atomic mass is 16.4. The predicted octanol–water partition coefficient (Wildman–Crippen LogP) is -0.0917. The van der Waals surface area contributed by atoms with Gasteiger partial charge >= 0.3 is 11.9 Å². The molecule has 0 saturated carbocycles. The molecule has 1 aromatic rings. The first kappa shape index (κ1) is 16.0. The minimum absolute atomic E-state index is 0.397. The molecule has 8 heteroatoms. The van der Waals surface area contributed by atoms with Crippen molar-refractivity contribution >= 4 is 35.3 Å². The number of aliphatic carboxylic acids is 2. The number of carbonyl (C=O) groups excluding carboxylic acids is 1. The van der Waals surface area contributed by atoms with Crippen LogP contribution in [-0.4, -0.2) is 34.1 Å². The molecule has 1 rings (SSSR count). The standard InChI is InChI=1S/C13H15N3O5/c14-8-2-3-9(15)7(5-8)1-4-11(17)16-10(13(20)21)6-12(18)19/h1-5,10H,6,14-15H2,(H,16,17)(H,18,19)(H,20,21)/t10-/m0/s1. The molecule has 0 aliphatic heterocycles. The van der Waals surface area contributed by atoms with Crippen LogP contribution in [0.3, 0.4) is 0 Å². The van der Waals surface area contributed by atoms with Gasteiger partial charge in [-0.3, -0.25) is 9.59 Å². The molecule has 0 saturated heterocycles. The summed E-state index contributed by atoms with van der Waals surface area (Å²) in [4.78, 5) is 32.9. The number of amides is 1. The molecule has 8 nitrogen and oxygen atoms in total. The maximum Gasteiger partial charge on any atom is 0.326 e. The van der Waals surface area contributed by atoms with E-state index in [-0.39, 0.29) is 0 Å². The zero-order valence-corrected chi connectivity index (χ0v) is 10.9. The van der Waals surface area contributed by atoms with Gasteiger partial charge < -0.3 is 27.0 Å². The summed E-state index contributed by atoms with van der Waals surface area (Å²) in [6.45, 7) is 0. The summed E-state index contributed by atoms with van der Waals surface area (Å²) in [6, 6.07) is 3.21. The summed E-state index contributed by atoms with van der Waals surface area (Å²) in [6.07, 6.45) is 1.71. The van der Waals surface area contributed by atoms with Crippen molar-refractivity contribution in [3.05, 3.63) is 29.8 Å². The lowest BCUT2D eigenvalue weighted by Crippen LogP contribution is -2.41. The Hall–Kier alpha value is -3.03. The predicted molar refractivity (Wildman–Crippen MR) is 76.1 cm³/mol. The molecule has 0 aliphatic carbocycles. The molecule has 1 aromatic carbocycles. The number of nitrogens with one attached hydrogen (secondary N) is 1. The maximum atomic E-state index is 11.6. The number of carboxylic acid groups (broad SMARTS) is 2. The van der Waals surface area contributed by atoms with E-state index >= 15 is 0 Å². The van der Waals surface area contributed by atoms with Gasteiger partial charge in [0, 0.05) is 17.5 Å². The number of hydrogen-bond donors (Lipinski definition) is 5. The lowest BCUT2D eigenvalue weighted by atomic mass is 10.1. The second kappa shape index (κ2) is 6.94. The van der Waals surface area contributed by atoms with Gasteiger partial charge in [-0.05, 0) is 29.8 Å². The lowest BCUT2D eigenvalue weighted by molar-refractivity contribution is -0.146. The van der Waals surface area contributed by atoms with E-state index in [4.69, 9.17) is 21.7 Å². The number of rotatable bonds is 6. The molecule has 112 valence electrons. The van der Waals surface area contributed by atoms with Gasteiger partial charge in [0.2, 0.25) is 5.91 Å². The number of anilines is 2. The Morgan fingerprint density at radius 3 is 2.48 bits per heavy atom. The monoisotopic (exact) mass is 293 g/mol. The maximum absolute atomic E-state index is 11.6. The molecule has 21 heavy (non-hydrogen) atoms. The van der Waals surface area contributed by atoms with Crippen molar-refractivity contribution < 1.29 is 24.6 Å². The number of benzene rings is 1. The first-order valence-corrected chi connectivity index (χ1v) is 5.87. The van der Waals surface area contributed by atoms with Crippen LogP contribution in [0.5, 0.6) is 0 Å². The molecule has 0 bridgehead atoms. The average molecular weight is 293 g/mol. The Kier molecular flexibility index (Phi) is 5.30. The van der Waals surface area contributed by atoms with Crippen LogP contribution >= 0.6 is 0 Å². The number of nitrogen functional groups attached to an aromatic ring is 2. The van der Waals surface area contributed by atoms with Crippen molar-refractivity contribution in [1.82, 2.24) is 5.32 Å². The van der Waals surface area contributed by atoms with Crippen LogP contribution in [0, 0.1) is 0 Å². The van der Waals surface area contributed by atoms with Crippen molar-refractivity contribution in [3.63, 3.8) is 0 Å². The Labute approximate surface area is 120 Å². The summed E-state index contributed by atoms with van der Waals surface area (Å²) in [5.41, 5.74) is 12.6. The molecule has 0 aliphatic rings. The fraction of sp³-hybridized carbons (Fsp3) is 0.154. The van der Waals surface area contributed by atoms with Crippen LogP contribution in [-0.2, 0) is 14.4 Å². The van der Waals surface area contributed by atoms with Crippen LogP contribution < -0.4 is 16.8 Å². The molecule has 1 amide bonds. The van der Waals surface area contributed by atoms with E-state index in [2.05, 4.69) is 5.32 Å². The highest BCUT2D eigenvalue weighted by molar-refractivity contribution is 5.96. The third-order valence-corrected chi connectivity index (χ3v) is 2.52. The Morgan fingerprint density at radius 1 is 1.24 bits per heavy atom. The molecular weight excluding hydrogens is 278 g/mol. The summed E-state index contributed by atoms with van der Waals surface area (Å²) in [5, 5.41) is 19.4. The molecule has 0 spiro atoms. The van der Waals surface area contributed by atoms with Crippen molar-refractivity contribution in [3.8, 4) is 0 Å². The van der Waals surface area contributed by atoms with Gasteiger partial charge in [0.05, 0.1) is 6.42 Å². The topological polar surface area (TPSA) is 156 Å². The normalized spacial score (nSPS) is 12.0. The Balaban J connectivity index is 2.75. The lowest BCUT2D eigenvalue weighted by Gasteiger charge is -2.10. The summed E-state index contributed by atoms with van der Waals surface area (Å²) in [7, 11) is 0. The van der Waals surface area contributed by atoms with Crippen molar-refractivity contribution in [1.29, 1.82) is 0 Å². The van der Waals surface area contributed by atoms with Crippen LogP contribution in [0.2, 0.25) is 0 Å². The number of nitrogens with two attached hydrogens (primary N) is 2. The van der Waals surface area contributed by atoms with Crippen molar-refractivity contribution in [2.24, 2.45) is 0 Å². The van der Waals surface area contributed by atoms with E-state index in [0.717, 1.165) is 6.08 Å². The SMILES string of the molecule is Nc1ccc(N)c(C=CC(=O)N[C@@H](CC(=O)O)C(=O)O)c1. The van der Waals surface area contributed by atoms with E-state index in [0.29, 0.717) is 16.9 Å². The fourth-order valence-electron chi connectivity index (χ4n) is 1.50. The average Bonchev–Trinajstić information content (AvgIpc) is 2.38. The number of hydrogen-bond acceptors (Lipinski definition) is 5. The van der Waals surface area contributed by atoms with E-state index in [9.17, 15) is 14.4 Å². The van der Waals surface area contributed by atoms with Crippen LogP contribution in [0.15, 0.2) is 24.3 Å². The third kappa shape index (κ3) is 5.23. The van der Waals surface area contributed by atoms with E-state index in [1.54, 1.807) is 18.2 Å². The molecule has 1 atom stereocenters. The Bertz CT molecular complexity index is 597. The minimum Gasteiger partial charge on any atom is -0.481 e. The summed E-state index contributed by atoms with van der Waals surface area (Å²) in [5.74, 6) is -3.50. The zero-order chi connectivity index (χ0) is 16.0. The van der Waals surface area contributed by atoms with Gasteiger partial charge in [0.25, 0.3) is 0 Å². The van der Waals surface area contributed by atoms with Crippen LogP contribution in [0.1, 0.15) is 12.0 Å². The summed E-state index contributed by atoms with van der Waals surface area (Å²) >= 11 is 0. The first-order chi connectivity index (χ1) is 9.79. The molecule has 0 radical (unpaired) electrons. The van der Waals surface area contributed by atoms with Gasteiger partial charge in [0.15, 0.2) is 0 Å². The molecule has 7 N–H and O–H groups in total. The first-order valence-electron chi connectivity index (χ1n) is 5.87. The van der Waals surface area contributed by atoms with E-state index in [1.807, 2.05) is 0 Å². The van der Waals surface area contributed by atoms with Crippen molar-refractivity contribution in [2.45, 2.75) is 12.5 Å². The van der Waals surface area contributed by atoms with Gasteiger partial charge in [-0.1, -0.05) is 0 Å². The quantitative estimate of drug-likeness (QED) is 0.362. The van der Waals surface area contributed by atoms with Crippen LogP contribution in [0.25, 0.3) is 6.08 Å². The van der Waals surface area contributed by atoms with E-state index < -0.39 is 30.3 Å². The third-order valence-electron chi connectivity index (χ3n) is 2.52. The minimum atomic E-state index is -1.50. The van der Waals surface area contributed by atoms with Gasteiger partial charge in [0.1, 0.15) is 6.04 Å². The molecule has 0 fully saturated rings. The fourth-order valence-corrected chi connectivity index (χ4v) is 1.50. The summed E-state index contributed by atoms with van der Waals surface area (Å²) < 4.78 is 0. The van der Waals surface area contributed by atoms with E-state index in [1.165, 1.54) is 6.08 Å². The van der Waals surface area contributed by atoms with Gasteiger partial charge in [-0.15, -0.1) is 0 Å². The highest BCUT2D eigenvalue weighted by Crippen LogP contribution is 2.16. The molecular formula is C13H15N3O5. The molecule has 0 heterocycles. The van der Waals surface area contributed by atoms with Crippen molar-refractivity contribution in [2.75, 3.05) is 11.5 Å². The van der Waals surface area contributed by atoms with Crippen LogP contribution in [0.4, 0.5) is 11.4 Å². The number of carboxylic acids is 2. The Morgan fingerprint density at radius 2 is 1.90 bits per heavy atom.